The van der Waals surface area contributed by atoms with Crippen LogP contribution in [0.1, 0.15) is 70.2 Å². The molecule has 0 saturated carbocycles. The van der Waals surface area contributed by atoms with Gasteiger partial charge in [0.15, 0.2) is 0 Å². The lowest BCUT2D eigenvalue weighted by atomic mass is 9.96. The number of primary amides is 1. The monoisotopic (exact) mass is 462 g/mol. The number of hydrogen-bond donors (Lipinski definition) is 3. The van der Waals surface area contributed by atoms with Crippen LogP contribution in [0.15, 0.2) is 18.2 Å². The third-order valence-electron chi connectivity index (χ3n) is 4.80. The van der Waals surface area contributed by atoms with Gasteiger partial charge in [-0.25, -0.2) is 4.79 Å². The minimum atomic E-state index is -1.10. The van der Waals surface area contributed by atoms with Gasteiger partial charge in [0, 0.05) is 19.5 Å². The van der Waals surface area contributed by atoms with E-state index in [1.54, 1.807) is 20.8 Å². The number of rotatable bonds is 9. The molecule has 1 aromatic rings. The maximum Gasteiger partial charge on any atom is 0.408 e. The fourth-order valence-electron chi connectivity index (χ4n) is 3.39. The summed E-state index contributed by atoms with van der Waals surface area (Å²) in [6.07, 6.45) is -0.941. The predicted octanol–water partition coefficient (Wildman–Crippen LogP) is 2.49. The molecule has 0 aromatic heterocycles. The van der Waals surface area contributed by atoms with Crippen molar-refractivity contribution in [2.45, 2.75) is 85.0 Å². The van der Waals surface area contributed by atoms with E-state index < -0.39 is 35.6 Å². The summed E-state index contributed by atoms with van der Waals surface area (Å²) in [5, 5.41) is 5.39. The van der Waals surface area contributed by atoms with Crippen LogP contribution >= 0.6 is 0 Å². The van der Waals surface area contributed by atoms with Crippen molar-refractivity contribution in [3.63, 3.8) is 0 Å². The number of carbonyl (C=O) groups excluding carboxylic acids is 4. The number of nitrogens with zero attached hydrogens (tertiary/aromatic N) is 1. The fraction of sp³-hybridized carbons (Fsp3) is 0.583. The zero-order valence-corrected chi connectivity index (χ0v) is 20.9. The standard InChI is InChI=1S/C24H38N4O5/c1-14(2)26-21(30)20(17-10-9-15(3)13-16(17)4)28(8)22(31)18(11-12-19(25)29)27-23(32)33-24(5,6)7/h9-10,13-14,18,20H,11-12H2,1-8H3,(H2,25,29)(H,26,30)(H,27,32). The van der Waals surface area contributed by atoms with Crippen molar-refractivity contribution in [1.29, 1.82) is 0 Å². The number of ether oxygens (including phenoxy) is 1. The zero-order chi connectivity index (χ0) is 25.5. The van der Waals surface area contributed by atoms with Gasteiger partial charge in [0.25, 0.3) is 0 Å². The van der Waals surface area contributed by atoms with Gasteiger partial charge in [0.1, 0.15) is 17.7 Å². The van der Waals surface area contributed by atoms with Gasteiger partial charge in [-0.05, 0) is 66.0 Å². The Balaban J connectivity index is 3.31. The van der Waals surface area contributed by atoms with E-state index in [-0.39, 0.29) is 24.8 Å². The van der Waals surface area contributed by atoms with E-state index in [1.807, 2.05) is 45.9 Å². The summed E-state index contributed by atoms with van der Waals surface area (Å²) in [5.74, 6) is -1.49. The molecule has 0 heterocycles. The van der Waals surface area contributed by atoms with E-state index in [1.165, 1.54) is 11.9 Å². The normalized spacial score (nSPS) is 13.1. The maximum atomic E-state index is 13.5. The van der Waals surface area contributed by atoms with Crippen LogP contribution < -0.4 is 16.4 Å². The number of hydrogen-bond acceptors (Lipinski definition) is 5. The van der Waals surface area contributed by atoms with Gasteiger partial charge < -0.3 is 26.0 Å². The molecule has 0 spiro atoms. The Morgan fingerprint density at radius 3 is 2.18 bits per heavy atom. The first-order valence-corrected chi connectivity index (χ1v) is 11.0. The third-order valence-corrected chi connectivity index (χ3v) is 4.80. The molecule has 0 aliphatic carbocycles. The van der Waals surface area contributed by atoms with Crippen LogP contribution in [0.4, 0.5) is 4.79 Å². The molecule has 1 aromatic carbocycles. The van der Waals surface area contributed by atoms with Gasteiger partial charge in [-0.3, -0.25) is 14.4 Å². The molecule has 184 valence electrons. The van der Waals surface area contributed by atoms with Crippen molar-refractivity contribution in [2.24, 2.45) is 5.73 Å². The van der Waals surface area contributed by atoms with E-state index in [2.05, 4.69) is 10.6 Å². The van der Waals surface area contributed by atoms with E-state index in [0.717, 1.165) is 11.1 Å². The molecular weight excluding hydrogens is 424 g/mol. The number of nitrogens with one attached hydrogen (secondary N) is 2. The van der Waals surface area contributed by atoms with Crippen LogP contribution in [0, 0.1) is 13.8 Å². The summed E-state index contributed by atoms with van der Waals surface area (Å²) in [4.78, 5) is 51.6. The van der Waals surface area contributed by atoms with Crippen molar-refractivity contribution < 1.29 is 23.9 Å². The fourth-order valence-corrected chi connectivity index (χ4v) is 3.39. The Morgan fingerprint density at radius 1 is 1.09 bits per heavy atom. The Bertz CT molecular complexity index is 876. The molecular formula is C24H38N4O5. The first-order chi connectivity index (χ1) is 15.1. The number of carbonyl (C=O) groups is 4. The van der Waals surface area contributed by atoms with Gasteiger partial charge in [-0.2, -0.15) is 0 Å². The van der Waals surface area contributed by atoms with Crippen LogP contribution in [-0.2, 0) is 19.1 Å². The van der Waals surface area contributed by atoms with Crippen molar-refractivity contribution in [1.82, 2.24) is 15.5 Å². The molecule has 33 heavy (non-hydrogen) atoms. The molecule has 0 fully saturated rings. The highest BCUT2D eigenvalue weighted by atomic mass is 16.6. The Morgan fingerprint density at radius 2 is 1.70 bits per heavy atom. The summed E-state index contributed by atoms with van der Waals surface area (Å²) >= 11 is 0. The average Bonchev–Trinajstić information content (AvgIpc) is 2.64. The summed E-state index contributed by atoms with van der Waals surface area (Å²) in [6, 6.07) is 3.46. The summed E-state index contributed by atoms with van der Waals surface area (Å²) in [7, 11) is 1.50. The van der Waals surface area contributed by atoms with E-state index in [4.69, 9.17) is 10.5 Å². The largest absolute Gasteiger partial charge is 0.444 e. The third kappa shape index (κ3) is 9.11. The second-order valence-corrected chi connectivity index (χ2v) is 9.58. The molecule has 4 N–H and O–H groups in total. The second kappa shape index (κ2) is 11.7. The number of likely N-dealkylation sites (N-methyl/N-ethyl adjacent to an activating group) is 1. The molecule has 0 aliphatic rings. The maximum absolute atomic E-state index is 13.5. The Labute approximate surface area is 196 Å². The molecule has 2 unspecified atom stereocenters. The van der Waals surface area contributed by atoms with Gasteiger partial charge in [-0.1, -0.05) is 23.8 Å². The van der Waals surface area contributed by atoms with Crippen molar-refractivity contribution >= 4 is 23.8 Å². The highest BCUT2D eigenvalue weighted by Gasteiger charge is 2.35. The molecule has 4 amide bonds. The van der Waals surface area contributed by atoms with Crippen molar-refractivity contribution in [3.05, 3.63) is 34.9 Å². The van der Waals surface area contributed by atoms with E-state index >= 15 is 0 Å². The molecule has 0 saturated heterocycles. The number of alkyl carbamates (subject to hydrolysis) is 1. The predicted molar refractivity (Wildman–Crippen MR) is 126 cm³/mol. The molecule has 0 aliphatic heterocycles. The second-order valence-electron chi connectivity index (χ2n) is 9.58. The van der Waals surface area contributed by atoms with Crippen molar-refractivity contribution in [2.75, 3.05) is 7.05 Å². The van der Waals surface area contributed by atoms with Gasteiger partial charge in [-0.15, -0.1) is 0 Å². The van der Waals surface area contributed by atoms with Crippen LogP contribution in [0.3, 0.4) is 0 Å². The summed E-state index contributed by atoms with van der Waals surface area (Å²) < 4.78 is 5.27. The number of aryl methyl sites for hydroxylation is 2. The molecule has 0 radical (unpaired) electrons. The Kier molecular flexibility index (Phi) is 9.88. The van der Waals surface area contributed by atoms with Crippen molar-refractivity contribution in [3.8, 4) is 0 Å². The smallest absolute Gasteiger partial charge is 0.408 e. The van der Waals surface area contributed by atoms with Crippen LogP contribution in [-0.4, -0.2) is 53.4 Å². The van der Waals surface area contributed by atoms with Gasteiger partial charge in [0.05, 0.1) is 0 Å². The number of nitrogens with two attached hydrogens (primary N) is 1. The quantitative estimate of drug-likeness (QED) is 0.519. The highest BCUT2D eigenvalue weighted by molar-refractivity contribution is 5.92. The zero-order valence-electron chi connectivity index (χ0n) is 20.9. The molecule has 9 nitrogen and oxygen atoms in total. The molecule has 0 bridgehead atoms. The number of amides is 4. The summed E-state index contributed by atoms with van der Waals surface area (Å²) in [5.41, 5.74) is 7.04. The summed E-state index contributed by atoms with van der Waals surface area (Å²) in [6.45, 7) is 12.6. The molecule has 2 atom stereocenters. The molecule has 9 heteroatoms. The minimum absolute atomic E-state index is 0.0247. The van der Waals surface area contributed by atoms with Crippen LogP contribution in [0.25, 0.3) is 0 Å². The van der Waals surface area contributed by atoms with E-state index in [9.17, 15) is 19.2 Å². The van der Waals surface area contributed by atoms with Gasteiger partial charge in [0.2, 0.25) is 17.7 Å². The lowest BCUT2D eigenvalue weighted by Gasteiger charge is -2.32. The minimum Gasteiger partial charge on any atom is -0.444 e. The van der Waals surface area contributed by atoms with Crippen LogP contribution in [0.5, 0.6) is 0 Å². The molecule has 1 rings (SSSR count). The average molecular weight is 463 g/mol. The highest BCUT2D eigenvalue weighted by Crippen LogP contribution is 2.26. The van der Waals surface area contributed by atoms with Gasteiger partial charge >= 0.3 is 6.09 Å². The van der Waals surface area contributed by atoms with Crippen LogP contribution in [0.2, 0.25) is 0 Å². The Hall–Kier alpha value is -3.10. The SMILES string of the molecule is Cc1ccc(C(C(=O)NC(C)C)N(C)C(=O)C(CCC(N)=O)NC(=O)OC(C)(C)C)c(C)c1. The lowest BCUT2D eigenvalue weighted by Crippen LogP contribution is -2.52. The first kappa shape index (κ1) is 27.9. The number of benzene rings is 1. The first-order valence-electron chi connectivity index (χ1n) is 11.0. The topological polar surface area (TPSA) is 131 Å². The van der Waals surface area contributed by atoms with E-state index in [0.29, 0.717) is 5.56 Å². The lowest BCUT2D eigenvalue weighted by molar-refractivity contribution is -0.141.